The molecule has 0 amide bonds. The van der Waals surface area contributed by atoms with E-state index >= 15 is 0 Å². The van der Waals surface area contributed by atoms with Crippen LogP contribution < -0.4 is 0 Å². The second-order valence-electron chi connectivity index (χ2n) is 5.01. The Hall–Kier alpha value is -1.85. The minimum Gasteiger partial charge on any atom is -0.293 e. The molecule has 0 aliphatic carbocycles. The standard InChI is InChI=1S/C17H12N2OS2/c1-21-17-18-15(14-13(20)9-22-16(14)19-17)12-7-6-10-4-2-3-5-11(10)8-12/h2-8H,9H2,1H3. The molecule has 5 heteroatoms. The Labute approximate surface area is 136 Å². The molecule has 0 spiro atoms. The van der Waals surface area contributed by atoms with Gasteiger partial charge in [0.2, 0.25) is 0 Å². The van der Waals surface area contributed by atoms with Gasteiger partial charge in [-0.15, -0.1) is 0 Å². The van der Waals surface area contributed by atoms with Crippen molar-refractivity contribution in [2.45, 2.75) is 10.2 Å². The second kappa shape index (κ2) is 5.41. The summed E-state index contributed by atoms with van der Waals surface area (Å²) in [5, 5.41) is 3.86. The van der Waals surface area contributed by atoms with Gasteiger partial charge in [0.25, 0.3) is 0 Å². The van der Waals surface area contributed by atoms with Gasteiger partial charge in [-0.25, -0.2) is 9.97 Å². The fraction of sp³-hybridized carbons (Fsp3) is 0.118. The summed E-state index contributed by atoms with van der Waals surface area (Å²) in [6.07, 6.45) is 1.95. The molecule has 2 heterocycles. The van der Waals surface area contributed by atoms with Crippen LogP contribution >= 0.6 is 23.5 Å². The Morgan fingerprint density at radius 3 is 2.73 bits per heavy atom. The molecule has 1 aliphatic heterocycles. The van der Waals surface area contributed by atoms with E-state index in [9.17, 15) is 4.79 Å². The van der Waals surface area contributed by atoms with Crippen LogP contribution in [0, 0.1) is 0 Å². The predicted molar refractivity (Wildman–Crippen MR) is 91.8 cm³/mol. The van der Waals surface area contributed by atoms with E-state index in [4.69, 9.17) is 0 Å². The van der Waals surface area contributed by atoms with Crippen LogP contribution in [0.3, 0.4) is 0 Å². The van der Waals surface area contributed by atoms with Crippen molar-refractivity contribution in [1.82, 2.24) is 9.97 Å². The Balaban J connectivity index is 1.97. The number of Topliss-reactive ketones (excluding diaryl/α,β-unsaturated/α-hetero) is 1. The zero-order valence-electron chi connectivity index (χ0n) is 11.9. The number of benzene rings is 2. The lowest BCUT2D eigenvalue weighted by atomic mass is 10.0. The van der Waals surface area contributed by atoms with Crippen LogP contribution in [0.25, 0.3) is 22.0 Å². The first-order valence-electron chi connectivity index (χ1n) is 6.87. The SMILES string of the molecule is CSc1nc2c(c(-c3ccc4ccccc4c3)n1)C(=O)CS2. The number of thioether (sulfide) groups is 2. The first-order chi connectivity index (χ1) is 10.8. The van der Waals surface area contributed by atoms with Gasteiger partial charge in [-0.1, -0.05) is 59.9 Å². The van der Waals surface area contributed by atoms with Crippen molar-refractivity contribution >= 4 is 40.1 Å². The molecule has 0 saturated carbocycles. The maximum Gasteiger partial charge on any atom is 0.188 e. The zero-order chi connectivity index (χ0) is 15.1. The van der Waals surface area contributed by atoms with Crippen molar-refractivity contribution in [3.63, 3.8) is 0 Å². The zero-order valence-corrected chi connectivity index (χ0v) is 13.5. The van der Waals surface area contributed by atoms with E-state index in [1.54, 1.807) is 0 Å². The van der Waals surface area contributed by atoms with Crippen molar-refractivity contribution < 1.29 is 4.79 Å². The fourth-order valence-electron chi connectivity index (χ4n) is 2.62. The highest BCUT2D eigenvalue weighted by molar-refractivity contribution is 8.00. The molecule has 0 fully saturated rings. The van der Waals surface area contributed by atoms with Gasteiger partial charge < -0.3 is 0 Å². The van der Waals surface area contributed by atoms with Gasteiger partial charge in [0.1, 0.15) is 5.03 Å². The molecule has 1 aliphatic rings. The molecule has 3 nitrogen and oxygen atoms in total. The van der Waals surface area contributed by atoms with E-state index in [-0.39, 0.29) is 5.78 Å². The molecule has 3 aromatic rings. The lowest BCUT2D eigenvalue weighted by Gasteiger charge is -2.09. The first kappa shape index (κ1) is 13.8. The van der Waals surface area contributed by atoms with Crippen molar-refractivity contribution in [2.75, 3.05) is 12.0 Å². The van der Waals surface area contributed by atoms with Gasteiger partial charge in [0, 0.05) is 5.56 Å². The predicted octanol–water partition coefficient (Wildman–Crippen LogP) is 4.31. The van der Waals surface area contributed by atoms with Gasteiger partial charge in [0.05, 0.1) is 17.0 Å². The molecular formula is C17H12N2OS2. The summed E-state index contributed by atoms with van der Waals surface area (Å²) in [6.45, 7) is 0. The Morgan fingerprint density at radius 2 is 1.91 bits per heavy atom. The average molecular weight is 324 g/mol. The highest BCUT2D eigenvalue weighted by atomic mass is 32.2. The second-order valence-corrected chi connectivity index (χ2v) is 6.75. The maximum absolute atomic E-state index is 12.2. The van der Waals surface area contributed by atoms with E-state index in [2.05, 4.69) is 34.2 Å². The molecule has 0 N–H and O–H groups in total. The first-order valence-corrected chi connectivity index (χ1v) is 9.08. The number of aromatic nitrogens is 2. The average Bonchev–Trinajstić information content (AvgIpc) is 2.95. The van der Waals surface area contributed by atoms with Gasteiger partial charge in [-0.2, -0.15) is 0 Å². The van der Waals surface area contributed by atoms with E-state index in [0.29, 0.717) is 16.5 Å². The number of carbonyl (C=O) groups excluding carboxylic acids is 1. The van der Waals surface area contributed by atoms with Crippen molar-refractivity contribution in [3.8, 4) is 11.3 Å². The van der Waals surface area contributed by atoms with E-state index in [0.717, 1.165) is 21.7 Å². The molecule has 4 rings (SSSR count). The van der Waals surface area contributed by atoms with Crippen LogP contribution in [0.1, 0.15) is 10.4 Å². The molecule has 108 valence electrons. The number of rotatable bonds is 2. The molecule has 1 aromatic heterocycles. The maximum atomic E-state index is 12.2. The summed E-state index contributed by atoms with van der Waals surface area (Å²) in [5.41, 5.74) is 2.41. The minimum atomic E-state index is 0.121. The van der Waals surface area contributed by atoms with Gasteiger partial charge >= 0.3 is 0 Å². The summed E-state index contributed by atoms with van der Waals surface area (Å²) in [7, 11) is 0. The van der Waals surface area contributed by atoms with Crippen molar-refractivity contribution in [2.24, 2.45) is 0 Å². The Kier molecular flexibility index (Phi) is 3.39. The molecule has 2 aromatic carbocycles. The summed E-state index contributed by atoms with van der Waals surface area (Å²) in [4.78, 5) is 21.3. The van der Waals surface area contributed by atoms with E-state index in [1.807, 2.05) is 24.5 Å². The van der Waals surface area contributed by atoms with Gasteiger partial charge in [-0.05, 0) is 23.1 Å². The Morgan fingerprint density at radius 1 is 1.09 bits per heavy atom. The summed E-state index contributed by atoms with van der Waals surface area (Å²) < 4.78 is 0. The Bertz CT molecular complexity index is 908. The molecule has 0 atom stereocenters. The molecule has 0 unspecified atom stereocenters. The molecular weight excluding hydrogens is 312 g/mol. The molecule has 0 saturated heterocycles. The van der Waals surface area contributed by atoms with Crippen molar-refractivity contribution in [3.05, 3.63) is 48.0 Å². The lowest BCUT2D eigenvalue weighted by molar-refractivity contribution is 0.102. The van der Waals surface area contributed by atoms with Crippen molar-refractivity contribution in [1.29, 1.82) is 0 Å². The van der Waals surface area contributed by atoms with Gasteiger partial charge in [0.15, 0.2) is 10.9 Å². The smallest absolute Gasteiger partial charge is 0.188 e. The molecule has 0 radical (unpaired) electrons. The van der Waals surface area contributed by atoms with Crippen LogP contribution in [-0.4, -0.2) is 27.8 Å². The number of hydrogen-bond donors (Lipinski definition) is 0. The number of ketones is 1. The monoisotopic (exact) mass is 324 g/mol. The van der Waals surface area contributed by atoms with Crippen LogP contribution in [0.4, 0.5) is 0 Å². The van der Waals surface area contributed by atoms with E-state index < -0.39 is 0 Å². The molecule has 22 heavy (non-hydrogen) atoms. The number of nitrogens with zero attached hydrogens (tertiary/aromatic N) is 2. The highest BCUT2D eigenvalue weighted by Crippen LogP contribution is 2.37. The topological polar surface area (TPSA) is 42.9 Å². The highest BCUT2D eigenvalue weighted by Gasteiger charge is 2.28. The fourth-order valence-corrected chi connectivity index (χ4v) is 3.96. The van der Waals surface area contributed by atoms with Gasteiger partial charge in [-0.3, -0.25) is 4.79 Å². The third-order valence-corrected chi connectivity index (χ3v) is 5.20. The normalized spacial score (nSPS) is 13.6. The third-order valence-electron chi connectivity index (χ3n) is 3.68. The van der Waals surface area contributed by atoms with Crippen LogP contribution in [0.2, 0.25) is 0 Å². The number of hydrogen-bond acceptors (Lipinski definition) is 5. The molecule has 0 bridgehead atoms. The number of fused-ring (bicyclic) bond motifs is 2. The van der Waals surface area contributed by atoms with E-state index in [1.165, 1.54) is 28.9 Å². The summed E-state index contributed by atoms with van der Waals surface area (Å²) >= 11 is 3.01. The quantitative estimate of drug-likeness (QED) is 0.399. The van der Waals surface area contributed by atoms with Crippen LogP contribution in [0.15, 0.2) is 52.6 Å². The van der Waals surface area contributed by atoms with Crippen LogP contribution in [-0.2, 0) is 0 Å². The van der Waals surface area contributed by atoms with Crippen LogP contribution in [0.5, 0.6) is 0 Å². The summed E-state index contributed by atoms with van der Waals surface area (Å²) in [5.74, 6) is 0.582. The number of carbonyl (C=O) groups is 1. The summed E-state index contributed by atoms with van der Waals surface area (Å²) in [6, 6.07) is 14.4. The largest absolute Gasteiger partial charge is 0.293 e. The lowest BCUT2D eigenvalue weighted by Crippen LogP contribution is -2.03. The third kappa shape index (κ3) is 2.21. The minimum absolute atomic E-state index is 0.121.